The Labute approximate surface area is 252 Å². The molecule has 0 aliphatic heterocycles. The number of hydrogen-bond donors (Lipinski definition) is 2. The number of nitrogens with one attached hydrogen (secondary N) is 1. The highest BCUT2D eigenvalue weighted by Crippen LogP contribution is 2.33. The van der Waals surface area contributed by atoms with Gasteiger partial charge in [-0.3, -0.25) is 14.4 Å². The molecule has 220 valence electrons. The van der Waals surface area contributed by atoms with Crippen molar-refractivity contribution >= 4 is 17.8 Å². The van der Waals surface area contributed by atoms with Crippen molar-refractivity contribution < 1.29 is 24.2 Å². The van der Waals surface area contributed by atoms with Gasteiger partial charge in [-0.05, 0) is 78.3 Å². The van der Waals surface area contributed by atoms with Crippen LogP contribution in [0.5, 0.6) is 5.75 Å². The predicted molar refractivity (Wildman–Crippen MR) is 166 cm³/mol. The molecule has 2 amide bonds. The first kappa shape index (κ1) is 29.6. The summed E-state index contributed by atoms with van der Waals surface area (Å²) in [7, 11) is 0. The summed E-state index contributed by atoms with van der Waals surface area (Å²) < 4.78 is 5.61. The van der Waals surface area contributed by atoms with Gasteiger partial charge in [0.05, 0.1) is 19.1 Å². The van der Waals surface area contributed by atoms with Crippen molar-refractivity contribution in [2.75, 3.05) is 19.7 Å². The second-order valence-electron chi connectivity index (χ2n) is 10.6. The van der Waals surface area contributed by atoms with E-state index in [0.717, 1.165) is 29.7 Å². The number of aliphatic carboxylic acids is 1. The summed E-state index contributed by atoms with van der Waals surface area (Å²) >= 11 is 0. The van der Waals surface area contributed by atoms with E-state index in [1.165, 1.54) is 5.56 Å². The molecular formula is C36H36N2O5. The molecule has 0 saturated heterocycles. The van der Waals surface area contributed by atoms with Gasteiger partial charge in [-0.25, -0.2) is 0 Å². The largest absolute Gasteiger partial charge is 0.494 e. The van der Waals surface area contributed by atoms with Gasteiger partial charge in [0.2, 0.25) is 0 Å². The van der Waals surface area contributed by atoms with E-state index in [2.05, 4.69) is 17.4 Å². The minimum atomic E-state index is -0.972. The maximum atomic E-state index is 14.0. The van der Waals surface area contributed by atoms with Crippen LogP contribution in [0.3, 0.4) is 0 Å². The van der Waals surface area contributed by atoms with Crippen LogP contribution in [-0.4, -0.2) is 47.5 Å². The number of carboxylic acid groups (broad SMARTS) is 1. The molecule has 4 aromatic carbocycles. The van der Waals surface area contributed by atoms with Gasteiger partial charge in [0.15, 0.2) is 0 Å². The number of benzene rings is 4. The Morgan fingerprint density at radius 1 is 0.860 bits per heavy atom. The molecule has 7 nitrogen and oxygen atoms in total. The molecule has 43 heavy (non-hydrogen) atoms. The minimum Gasteiger partial charge on any atom is -0.494 e. The number of carbonyl (C=O) groups is 3. The molecule has 0 heterocycles. The molecule has 1 atom stereocenters. The van der Waals surface area contributed by atoms with Gasteiger partial charge in [-0.1, -0.05) is 72.8 Å². The van der Waals surface area contributed by atoms with Crippen LogP contribution in [0.25, 0.3) is 11.1 Å². The molecule has 0 saturated carbocycles. The van der Waals surface area contributed by atoms with Crippen molar-refractivity contribution in [3.8, 4) is 16.9 Å². The fourth-order valence-corrected chi connectivity index (χ4v) is 5.70. The Hall–Kier alpha value is -4.91. The fourth-order valence-electron chi connectivity index (χ4n) is 5.70. The van der Waals surface area contributed by atoms with Gasteiger partial charge in [0.1, 0.15) is 5.75 Å². The second kappa shape index (κ2) is 13.8. The Morgan fingerprint density at radius 3 is 2.33 bits per heavy atom. The molecule has 5 rings (SSSR count). The van der Waals surface area contributed by atoms with Crippen molar-refractivity contribution in [3.05, 3.63) is 125 Å². The Morgan fingerprint density at radius 2 is 1.56 bits per heavy atom. The Balaban J connectivity index is 1.41. The van der Waals surface area contributed by atoms with Crippen LogP contribution in [0.4, 0.5) is 0 Å². The first-order valence-electron chi connectivity index (χ1n) is 14.7. The maximum absolute atomic E-state index is 14.0. The third-order valence-electron chi connectivity index (χ3n) is 7.82. The Bertz CT molecular complexity index is 1610. The molecular weight excluding hydrogens is 540 g/mol. The molecule has 2 N–H and O–H groups in total. The molecule has 0 aromatic heterocycles. The molecule has 1 aliphatic carbocycles. The van der Waals surface area contributed by atoms with Crippen LogP contribution in [0.15, 0.2) is 97.1 Å². The number of aryl methyl sites for hydroxylation is 1. The van der Waals surface area contributed by atoms with E-state index in [1.54, 1.807) is 23.1 Å². The molecule has 0 radical (unpaired) electrons. The average Bonchev–Trinajstić information content (AvgIpc) is 3.43. The van der Waals surface area contributed by atoms with E-state index in [1.807, 2.05) is 73.7 Å². The van der Waals surface area contributed by atoms with Crippen molar-refractivity contribution in [1.29, 1.82) is 0 Å². The zero-order valence-electron chi connectivity index (χ0n) is 24.3. The van der Waals surface area contributed by atoms with Gasteiger partial charge in [-0.15, -0.1) is 0 Å². The van der Waals surface area contributed by atoms with Gasteiger partial charge < -0.3 is 20.1 Å². The molecule has 0 fully saturated rings. The molecule has 0 bridgehead atoms. The summed E-state index contributed by atoms with van der Waals surface area (Å²) in [6.07, 6.45) is 2.13. The SMILES string of the molecule is CCOc1cccc(CCN(CCC(=O)O)C(=O)c2ccccc2-c2ccccc2C(=O)NC2CCc3ccccc32)c1. The van der Waals surface area contributed by atoms with Crippen molar-refractivity contribution in [2.24, 2.45) is 0 Å². The number of rotatable bonds is 12. The van der Waals surface area contributed by atoms with Gasteiger partial charge in [0, 0.05) is 24.2 Å². The van der Waals surface area contributed by atoms with Crippen LogP contribution >= 0.6 is 0 Å². The lowest BCUT2D eigenvalue weighted by Crippen LogP contribution is -2.35. The van der Waals surface area contributed by atoms with Crippen LogP contribution in [0.1, 0.15) is 63.2 Å². The second-order valence-corrected chi connectivity index (χ2v) is 10.6. The first-order valence-corrected chi connectivity index (χ1v) is 14.7. The highest BCUT2D eigenvalue weighted by Gasteiger charge is 2.26. The fraction of sp³-hybridized carbons (Fsp3) is 0.250. The highest BCUT2D eigenvalue weighted by atomic mass is 16.5. The van der Waals surface area contributed by atoms with E-state index in [4.69, 9.17) is 4.74 Å². The quantitative estimate of drug-likeness (QED) is 0.206. The van der Waals surface area contributed by atoms with Crippen LogP contribution in [0, 0.1) is 0 Å². The smallest absolute Gasteiger partial charge is 0.305 e. The lowest BCUT2D eigenvalue weighted by molar-refractivity contribution is -0.137. The molecule has 1 aliphatic rings. The standard InChI is InChI=1S/C36H36N2O5/c1-2-43-27-12-9-10-25(24-27)20-22-38(23-21-34(39)40)36(42)32-17-8-6-15-30(32)29-14-5-7-16-31(29)35(41)37-33-19-18-26-11-3-4-13-28(26)33/h3-17,24,33H,2,18-23H2,1H3,(H,37,41)(H,39,40). The lowest BCUT2D eigenvalue weighted by atomic mass is 9.94. The summed E-state index contributed by atoms with van der Waals surface area (Å²) in [5, 5.41) is 12.6. The Kier molecular flexibility index (Phi) is 9.52. The first-order chi connectivity index (χ1) is 20.9. The van der Waals surface area contributed by atoms with Crippen LogP contribution in [-0.2, 0) is 17.6 Å². The number of amides is 2. The van der Waals surface area contributed by atoms with E-state index < -0.39 is 5.97 Å². The minimum absolute atomic E-state index is 0.0663. The number of nitrogens with zero attached hydrogens (tertiary/aromatic N) is 1. The topological polar surface area (TPSA) is 95.9 Å². The highest BCUT2D eigenvalue weighted by molar-refractivity contribution is 6.06. The zero-order chi connectivity index (χ0) is 30.2. The number of carbonyl (C=O) groups excluding carboxylic acids is 2. The summed E-state index contributed by atoms with van der Waals surface area (Å²) in [5.41, 5.74) is 5.57. The maximum Gasteiger partial charge on any atom is 0.305 e. The lowest BCUT2D eigenvalue weighted by Gasteiger charge is -2.24. The molecule has 7 heteroatoms. The molecule has 4 aromatic rings. The summed E-state index contributed by atoms with van der Waals surface area (Å²) in [6.45, 7) is 2.87. The molecule has 1 unspecified atom stereocenters. The monoisotopic (exact) mass is 576 g/mol. The average molecular weight is 577 g/mol. The number of hydrogen-bond acceptors (Lipinski definition) is 4. The predicted octanol–water partition coefficient (Wildman–Crippen LogP) is 6.33. The van der Waals surface area contributed by atoms with E-state index >= 15 is 0 Å². The van der Waals surface area contributed by atoms with Crippen LogP contribution < -0.4 is 10.1 Å². The van der Waals surface area contributed by atoms with Crippen molar-refractivity contribution in [3.63, 3.8) is 0 Å². The summed E-state index contributed by atoms with van der Waals surface area (Å²) in [4.78, 5) is 40.8. The van der Waals surface area contributed by atoms with E-state index in [-0.39, 0.29) is 30.8 Å². The third kappa shape index (κ3) is 7.12. The van der Waals surface area contributed by atoms with Crippen LogP contribution in [0.2, 0.25) is 0 Å². The van der Waals surface area contributed by atoms with Gasteiger partial charge in [0.25, 0.3) is 11.8 Å². The summed E-state index contributed by atoms with van der Waals surface area (Å²) in [5.74, 6) is -0.695. The molecule has 0 spiro atoms. The number of ether oxygens (including phenoxy) is 1. The summed E-state index contributed by atoms with van der Waals surface area (Å²) in [6, 6.07) is 30.3. The van der Waals surface area contributed by atoms with Gasteiger partial charge >= 0.3 is 5.97 Å². The van der Waals surface area contributed by atoms with E-state index in [0.29, 0.717) is 41.8 Å². The van der Waals surface area contributed by atoms with Crippen molar-refractivity contribution in [1.82, 2.24) is 10.2 Å². The van der Waals surface area contributed by atoms with Gasteiger partial charge in [-0.2, -0.15) is 0 Å². The third-order valence-corrected chi connectivity index (χ3v) is 7.82. The number of carboxylic acids is 1. The number of fused-ring (bicyclic) bond motifs is 1. The van der Waals surface area contributed by atoms with E-state index in [9.17, 15) is 19.5 Å². The normalized spacial score (nSPS) is 13.7. The zero-order valence-corrected chi connectivity index (χ0v) is 24.3. The van der Waals surface area contributed by atoms with Crippen molar-refractivity contribution in [2.45, 2.75) is 38.6 Å².